The van der Waals surface area contributed by atoms with E-state index in [-0.39, 0.29) is 12.5 Å². The molecule has 1 aliphatic heterocycles. The maximum absolute atomic E-state index is 12.7. The number of nitrogens with zero attached hydrogens (tertiary/aromatic N) is 6. The van der Waals surface area contributed by atoms with Crippen LogP contribution in [-0.2, 0) is 24.8 Å². The first-order chi connectivity index (χ1) is 14.0. The zero-order chi connectivity index (χ0) is 20.5. The van der Waals surface area contributed by atoms with Gasteiger partial charge in [-0.3, -0.25) is 4.79 Å². The van der Waals surface area contributed by atoms with E-state index in [1.807, 2.05) is 65.9 Å². The molecule has 0 atom stereocenters. The summed E-state index contributed by atoms with van der Waals surface area (Å²) < 4.78 is 1.93. The minimum atomic E-state index is 0.0112. The van der Waals surface area contributed by atoms with Gasteiger partial charge >= 0.3 is 0 Å². The summed E-state index contributed by atoms with van der Waals surface area (Å²) in [5, 5.41) is 18.0. The summed E-state index contributed by atoms with van der Waals surface area (Å²) in [4.78, 5) is 16.3. The second-order valence-corrected chi connectivity index (χ2v) is 7.29. The Hall–Kier alpha value is -3.66. The lowest BCUT2D eigenvalue weighted by molar-refractivity contribution is -0.117. The predicted octanol–water partition coefficient (Wildman–Crippen LogP) is 2.57. The monoisotopic (exact) mass is 386 g/mol. The minimum absolute atomic E-state index is 0.0112. The molecule has 0 N–H and O–H groups in total. The second-order valence-electron chi connectivity index (χ2n) is 7.29. The number of carbonyl (C=O) groups is 1. The lowest BCUT2D eigenvalue weighted by atomic mass is 10.0. The van der Waals surface area contributed by atoms with Crippen molar-refractivity contribution in [1.29, 1.82) is 5.26 Å². The molecule has 0 bridgehead atoms. The topological polar surface area (TPSA) is 78.0 Å². The van der Waals surface area contributed by atoms with Crippen molar-refractivity contribution in [3.05, 3.63) is 70.5 Å². The number of likely N-dealkylation sites (N-methyl/N-ethyl adjacent to an activating group) is 1. The number of fused-ring (bicyclic) bond motifs is 1. The molecule has 7 heteroatoms. The van der Waals surface area contributed by atoms with Crippen LogP contribution in [0.2, 0.25) is 0 Å². The van der Waals surface area contributed by atoms with Gasteiger partial charge in [0.1, 0.15) is 12.4 Å². The van der Waals surface area contributed by atoms with Crippen molar-refractivity contribution < 1.29 is 4.79 Å². The van der Waals surface area contributed by atoms with Crippen LogP contribution in [0.5, 0.6) is 0 Å². The van der Waals surface area contributed by atoms with Crippen LogP contribution >= 0.6 is 0 Å². The number of nitriles is 1. The molecule has 0 unspecified atom stereocenters. The van der Waals surface area contributed by atoms with Crippen LogP contribution in [0.1, 0.15) is 28.1 Å². The maximum atomic E-state index is 12.7. The SMILES string of the molecule is Cc1c(C#N)cccc1Cc1nnc(N2CC(=O)N(C)c3ccccc3C2)n1C. The van der Waals surface area contributed by atoms with Gasteiger partial charge in [0.2, 0.25) is 11.9 Å². The van der Waals surface area contributed by atoms with Crippen LogP contribution in [0, 0.1) is 18.3 Å². The van der Waals surface area contributed by atoms with Gasteiger partial charge in [-0.25, -0.2) is 0 Å². The first-order valence-corrected chi connectivity index (χ1v) is 9.46. The average molecular weight is 386 g/mol. The highest BCUT2D eigenvalue weighted by molar-refractivity contribution is 5.97. The molecule has 3 aromatic rings. The van der Waals surface area contributed by atoms with E-state index in [0.717, 1.165) is 28.2 Å². The van der Waals surface area contributed by atoms with Crippen molar-refractivity contribution in [2.24, 2.45) is 7.05 Å². The van der Waals surface area contributed by atoms with Crippen LogP contribution in [0.25, 0.3) is 0 Å². The molecule has 0 saturated heterocycles. The Bertz CT molecular complexity index is 1130. The Morgan fingerprint density at radius 3 is 2.66 bits per heavy atom. The highest BCUT2D eigenvalue weighted by Gasteiger charge is 2.26. The Morgan fingerprint density at radius 1 is 1.07 bits per heavy atom. The van der Waals surface area contributed by atoms with Gasteiger partial charge in [-0.2, -0.15) is 5.26 Å². The van der Waals surface area contributed by atoms with E-state index < -0.39 is 0 Å². The first kappa shape index (κ1) is 18.7. The first-order valence-electron chi connectivity index (χ1n) is 9.46. The Balaban J connectivity index is 1.66. The third kappa shape index (κ3) is 3.34. The fraction of sp³-hybridized carbons (Fsp3) is 0.273. The van der Waals surface area contributed by atoms with Gasteiger partial charge in [0.15, 0.2) is 0 Å². The lowest BCUT2D eigenvalue weighted by Gasteiger charge is -2.20. The van der Waals surface area contributed by atoms with E-state index in [1.54, 1.807) is 11.9 Å². The molecule has 2 heterocycles. The van der Waals surface area contributed by atoms with Crippen LogP contribution in [0.4, 0.5) is 11.6 Å². The molecular weight excluding hydrogens is 364 g/mol. The number of hydrogen-bond acceptors (Lipinski definition) is 5. The van der Waals surface area contributed by atoms with E-state index in [9.17, 15) is 10.1 Å². The van der Waals surface area contributed by atoms with Crippen molar-refractivity contribution >= 4 is 17.5 Å². The van der Waals surface area contributed by atoms with Crippen molar-refractivity contribution in [2.75, 3.05) is 23.4 Å². The Kier molecular flexibility index (Phi) is 4.77. The molecule has 2 aromatic carbocycles. The largest absolute Gasteiger partial charge is 0.327 e. The lowest BCUT2D eigenvalue weighted by Crippen LogP contribution is -2.36. The summed E-state index contributed by atoms with van der Waals surface area (Å²) in [6.45, 7) is 2.77. The van der Waals surface area contributed by atoms with E-state index in [1.165, 1.54) is 0 Å². The number of para-hydroxylation sites is 1. The quantitative estimate of drug-likeness (QED) is 0.691. The normalized spacial score (nSPS) is 13.8. The predicted molar refractivity (Wildman–Crippen MR) is 111 cm³/mol. The van der Waals surface area contributed by atoms with Gasteiger partial charge in [0, 0.05) is 32.7 Å². The van der Waals surface area contributed by atoms with Crippen molar-refractivity contribution in [2.45, 2.75) is 19.9 Å². The van der Waals surface area contributed by atoms with Crippen molar-refractivity contribution in [3.63, 3.8) is 0 Å². The summed E-state index contributed by atoms with van der Waals surface area (Å²) in [5.41, 5.74) is 4.67. The zero-order valence-electron chi connectivity index (χ0n) is 16.8. The molecule has 1 aliphatic rings. The van der Waals surface area contributed by atoms with Crippen LogP contribution in [0.3, 0.4) is 0 Å². The fourth-order valence-electron chi connectivity index (χ4n) is 3.73. The summed E-state index contributed by atoms with van der Waals surface area (Å²) in [6, 6.07) is 15.9. The summed E-state index contributed by atoms with van der Waals surface area (Å²) in [6.07, 6.45) is 0.573. The molecule has 0 radical (unpaired) electrons. The van der Waals surface area contributed by atoms with Gasteiger partial charge in [-0.05, 0) is 35.7 Å². The Labute approximate surface area is 169 Å². The molecule has 0 saturated carbocycles. The van der Waals surface area contributed by atoms with Crippen molar-refractivity contribution in [3.8, 4) is 6.07 Å². The number of carbonyl (C=O) groups excluding carboxylic acids is 1. The van der Waals surface area contributed by atoms with Crippen LogP contribution in [0.15, 0.2) is 42.5 Å². The average Bonchev–Trinajstić information content (AvgIpc) is 3.03. The molecule has 146 valence electrons. The smallest absolute Gasteiger partial charge is 0.246 e. The van der Waals surface area contributed by atoms with Gasteiger partial charge in [0.25, 0.3) is 0 Å². The molecule has 4 rings (SSSR count). The Morgan fingerprint density at radius 2 is 1.86 bits per heavy atom. The minimum Gasteiger partial charge on any atom is -0.327 e. The molecule has 0 spiro atoms. The molecule has 1 aromatic heterocycles. The van der Waals surface area contributed by atoms with Gasteiger partial charge in [-0.15, -0.1) is 10.2 Å². The molecule has 0 aliphatic carbocycles. The molecule has 0 fully saturated rings. The number of rotatable bonds is 3. The number of amides is 1. The highest BCUT2D eigenvalue weighted by Crippen LogP contribution is 2.27. The van der Waals surface area contributed by atoms with Crippen LogP contribution < -0.4 is 9.80 Å². The summed E-state index contributed by atoms with van der Waals surface area (Å²) in [7, 11) is 3.72. The molecule has 1 amide bonds. The van der Waals surface area contributed by atoms with E-state index in [2.05, 4.69) is 16.3 Å². The zero-order valence-corrected chi connectivity index (χ0v) is 16.8. The van der Waals surface area contributed by atoms with Gasteiger partial charge in [-0.1, -0.05) is 30.3 Å². The summed E-state index contributed by atoms with van der Waals surface area (Å²) >= 11 is 0. The van der Waals surface area contributed by atoms with E-state index in [0.29, 0.717) is 24.5 Å². The number of benzene rings is 2. The van der Waals surface area contributed by atoms with Gasteiger partial charge in [0.05, 0.1) is 11.6 Å². The van der Waals surface area contributed by atoms with Gasteiger partial charge < -0.3 is 14.4 Å². The number of anilines is 2. The number of aromatic nitrogens is 3. The standard InChI is InChI=1S/C22H22N6O/c1-15-16(8-6-9-17(15)12-23)11-20-24-25-22(27(20)3)28-13-18-7-4-5-10-19(18)26(2)21(29)14-28/h4-10H,11,13-14H2,1-3H3. The van der Waals surface area contributed by atoms with E-state index >= 15 is 0 Å². The second kappa shape index (κ2) is 7.40. The third-order valence-corrected chi connectivity index (χ3v) is 5.55. The maximum Gasteiger partial charge on any atom is 0.246 e. The van der Waals surface area contributed by atoms with Crippen LogP contribution in [-0.4, -0.2) is 34.3 Å². The third-order valence-electron chi connectivity index (χ3n) is 5.55. The molecular formula is C22H22N6O. The summed E-state index contributed by atoms with van der Waals surface area (Å²) in [5.74, 6) is 1.46. The van der Waals surface area contributed by atoms with Crippen molar-refractivity contribution in [1.82, 2.24) is 14.8 Å². The molecule has 7 nitrogen and oxygen atoms in total. The van der Waals surface area contributed by atoms with E-state index in [4.69, 9.17) is 0 Å². The highest BCUT2D eigenvalue weighted by atomic mass is 16.2. The molecule has 29 heavy (non-hydrogen) atoms. The number of hydrogen-bond donors (Lipinski definition) is 0. The fourth-order valence-corrected chi connectivity index (χ4v) is 3.73.